The molecule has 92 valence electrons. The quantitative estimate of drug-likeness (QED) is 0.819. The van der Waals surface area contributed by atoms with E-state index in [4.69, 9.17) is 5.73 Å². The predicted octanol–water partition coefficient (Wildman–Crippen LogP) is 0.821. The number of nitrogens with two attached hydrogens (primary N) is 1. The van der Waals surface area contributed by atoms with E-state index >= 15 is 0 Å². The van der Waals surface area contributed by atoms with Crippen LogP contribution in [-0.2, 0) is 11.2 Å². The standard InChI is InChI=1S/C13H19N3O/c1-16(12(17)13(10-14)5-6-13)8-4-11-3-2-7-15-9-11/h2-3,7,9H,4-6,8,10,14H2,1H3. The van der Waals surface area contributed by atoms with Crippen LogP contribution in [0, 0.1) is 5.41 Å². The van der Waals surface area contributed by atoms with Gasteiger partial charge in [0.05, 0.1) is 5.41 Å². The number of carbonyl (C=O) groups is 1. The van der Waals surface area contributed by atoms with E-state index in [1.54, 1.807) is 11.1 Å². The minimum atomic E-state index is -0.232. The summed E-state index contributed by atoms with van der Waals surface area (Å²) < 4.78 is 0. The van der Waals surface area contributed by atoms with E-state index in [9.17, 15) is 4.79 Å². The Hall–Kier alpha value is -1.42. The van der Waals surface area contributed by atoms with E-state index in [1.165, 1.54) is 0 Å². The Morgan fingerprint density at radius 3 is 2.88 bits per heavy atom. The van der Waals surface area contributed by atoms with Gasteiger partial charge in [-0.3, -0.25) is 9.78 Å². The fraction of sp³-hybridized carbons (Fsp3) is 0.538. The normalized spacial score (nSPS) is 16.6. The van der Waals surface area contributed by atoms with E-state index in [2.05, 4.69) is 4.98 Å². The van der Waals surface area contributed by atoms with Crippen LogP contribution in [0.15, 0.2) is 24.5 Å². The molecule has 0 atom stereocenters. The smallest absolute Gasteiger partial charge is 0.229 e. The average Bonchev–Trinajstić information content (AvgIpc) is 3.17. The highest BCUT2D eigenvalue weighted by Gasteiger charge is 2.49. The highest BCUT2D eigenvalue weighted by molar-refractivity contribution is 5.85. The number of pyridine rings is 1. The SMILES string of the molecule is CN(CCc1cccnc1)C(=O)C1(CN)CC1. The summed E-state index contributed by atoms with van der Waals surface area (Å²) in [6.45, 7) is 1.20. The third kappa shape index (κ3) is 2.64. The number of hydrogen-bond donors (Lipinski definition) is 1. The maximum atomic E-state index is 12.1. The van der Waals surface area contributed by atoms with Crippen molar-refractivity contribution < 1.29 is 4.79 Å². The Labute approximate surface area is 102 Å². The molecule has 0 radical (unpaired) electrons. The van der Waals surface area contributed by atoms with Gasteiger partial charge in [-0.05, 0) is 30.9 Å². The van der Waals surface area contributed by atoms with Crippen molar-refractivity contribution in [2.45, 2.75) is 19.3 Å². The van der Waals surface area contributed by atoms with Crippen LogP contribution in [0.2, 0.25) is 0 Å². The zero-order valence-corrected chi connectivity index (χ0v) is 10.2. The summed E-state index contributed by atoms with van der Waals surface area (Å²) in [6.07, 6.45) is 6.33. The van der Waals surface area contributed by atoms with Crippen LogP contribution in [0.25, 0.3) is 0 Å². The maximum Gasteiger partial charge on any atom is 0.229 e. The first-order chi connectivity index (χ1) is 8.18. The van der Waals surface area contributed by atoms with Gasteiger partial charge in [-0.25, -0.2) is 0 Å². The van der Waals surface area contributed by atoms with Gasteiger partial charge in [0.2, 0.25) is 5.91 Å². The number of rotatable bonds is 5. The van der Waals surface area contributed by atoms with Gasteiger partial charge < -0.3 is 10.6 Å². The van der Waals surface area contributed by atoms with Crippen molar-refractivity contribution in [1.82, 2.24) is 9.88 Å². The molecule has 1 aromatic heterocycles. The molecule has 1 heterocycles. The zero-order valence-electron chi connectivity index (χ0n) is 10.2. The molecule has 1 saturated carbocycles. The van der Waals surface area contributed by atoms with Crippen molar-refractivity contribution in [3.8, 4) is 0 Å². The lowest BCUT2D eigenvalue weighted by Gasteiger charge is -2.22. The lowest BCUT2D eigenvalue weighted by molar-refractivity contribution is -0.135. The lowest BCUT2D eigenvalue weighted by atomic mass is 10.1. The van der Waals surface area contributed by atoms with Gasteiger partial charge in [0.15, 0.2) is 0 Å². The Bertz CT molecular complexity index is 387. The Balaban J connectivity index is 1.86. The average molecular weight is 233 g/mol. The Kier molecular flexibility index (Phi) is 3.43. The van der Waals surface area contributed by atoms with Gasteiger partial charge >= 0.3 is 0 Å². The molecule has 0 unspecified atom stereocenters. The molecule has 0 aliphatic heterocycles. The molecule has 1 amide bonds. The summed E-state index contributed by atoms with van der Waals surface area (Å²) >= 11 is 0. The summed E-state index contributed by atoms with van der Waals surface area (Å²) in [5.74, 6) is 0.198. The molecule has 0 bridgehead atoms. The monoisotopic (exact) mass is 233 g/mol. The molecule has 4 nitrogen and oxygen atoms in total. The first-order valence-corrected chi connectivity index (χ1v) is 6.02. The fourth-order valence-electron chi connectivity index (χ4n) is 2.01. The van der Waals surface area contributed by atoms with E-state index < -0.39 is 0 Å². The number of likely N-dealkylation sites (N-methyl/N-ethyl adjacent to an activating group) is 1. The first-order valence-electron chi connectivity index (χ1n) is 6.02. The second-order valence-electron chi connectivity index (χ2n) is 4.82. The van der Waals surface area contributed by atoms with Gasteiger partial charge in [0.1, 0.15) is 0 Å². The van der Waals surface area contributed by atoms with Crippen LogP contribution < -0.4 is 5.73 Å². The maximum absolute atomic E-state index is 12.1. The molecule has 0 aromatic carbocycles. The lowest BCUT2D eigenvalue weighted by Crippen LogP contribution is -2.39. The number of amides is 1. The molecule has 17 heavy (non-hydrogen) atoms. The molecule has 1 aliphatic rings. The summed E-state index contributed by atoms with van der Waals surface area (Å²) in [7, 11) is 1.86. The van der Waals surface area contributed by atoms with Crippen molar-refractivity contribution in [2.24, 2.45) is 11.1 Å². The summed E-state index contributed by atoms with van der Waals surface area (Å²) in [4.78, 5) is 18.0. The Morgan fingerprint density at radius 2 is 2.35 bits per heavy atom. The van der Waals surface area contributed by atoms with Crippen LogP contribution in [0.3, 0.4) is 0 Å². The minimum Gasteiger partial charge on any atom is -0.345 e. The molecule has 1 fully saturated rings. The van der Waals surface area contributed by atoms with Crippen LogP contribution in [0.1, 0.15) is 18.4 Å². The zero-order chi connectivity index (χ0) is 12.3. The van der Waals surface area contributed by atoms with Gasteiger partial charge in [0.25, 0.3) is 0 Å². The number of carbonyl (C=O) groups excluding carboxylic acids is 1. The molecular formula is C13H19N3O. The van der Waals surface area contributed by atoms with E-state index in [0.717, 1.165) is 31.4 Å². The van der Waals surface area contributed by atoms with Crippen LogP contribution in [-0.4, -0.2) is 35.9 Å². The Morgan fingerprint density at radius 1 is 1.59 bits per heavy atom. The number of aromatic nitrogens is 1. The van der Waals surface area contributed by atoms with Gasteiger partial charge in [0, 0.05) is 32.5 Å². The van der Waals surface area contributed by atoms with E-state index in [0.29, 0.717) is 6.54 Å². The van der Waals surface area contributed by atoms with Gasteiger partial charge in [-0.2, -0.15) is 0 Å². The topological polar surface area (TPSA) is 59.2 Å². The number of nitrogens with zero attached hydrogens (tertiary/aromatic N) is 2. The molecular weight excluding hydrogens is 214 g/mol. The summed E-state index contributed by atoms with van der Waals surface area (Å²) in [5, 5.41) is 0. The summed E-state index contributed by atoms with van der Waals surface area (Å²) in [5.41, 5.74) is 6.58. The molecule has 0 saturated heterocycles. The van der Waals surface area contributed by atoms with E-state index in [1.807, 2.05) is 25.4 Å². The third-order valence-electron chi connectivity index (χ3n) is 3.50. The van der Waals surface area contributed by atoms with E-state index in [-0.39, 0.29) is 11.3 Å². The second-order valence-corrected chi connectivity index (χ2v) is 4.82. The molecule has 0 spiro atoms. The molecule has 2 N–H and O–H groups in total. The molecule has 1 aliphatic carbocycles. The van der Waals surface area contributed by atoms with Crippen molar-refractivity contribution >= 4 is 5.91 Å². The molecule has 4 heteroatoms. The van der Waals surface area contributed by atoms with Crippen LogP contribution >= 0.6 is 0 Å². The first kappa shape index (κ1) is 12.0. The second kappa shape index (κ2) is 4.84. The summed E-state index contributed by atoms with van der Waals surface area (Å²) in [6, 6.07) is 3.95. The number of hydrogen-bond acceptors (Lipinski definition) is 3. The largest absolute Gasteiger partial charge is 0.345 e. The van der Waals surface area contributed by atoms with Crippen molar-refractivity contribution in [1.29, 1.82) is 0 Å². The highest BCUT2D eigenvalue weighted by atomic mass is 16.2. The molecule has 2 rings (SSSR count). The van der Waals surface area contributed by atoms with Crippen molar-refractivity contribution in [2.75, 3.05) is 20.1 Å². The van der Waals surface area contributed by atoms with Crippen molar-refractivity contribution in [3.05, 3.63) is 30.1 Å². The van der Waals surface area contributed by atoms with Crippen LogP contribution in [0.4, 0.5) is 0 Å². The van der Waals surface area contributed by atoms with Crippen molar-refractivity contribution in [3.63, 3.8) is 0 Å². The van der Waals surface area contributed by atoms with Gasteiger partial charge in [-0.15, -0.1) is 0 Å². The third-order valence-corrected chi connectivity index (χ3v) is 3.50. The van der Waals surface area contributed by atoms with Crippen LogP contribution in [0.5, 0.6) is 0 Å². The minimum absolute atomic E-state index is 0.198. The highest BCUT2D eigenvalue weighted by Crippen LogP contribution is 2.45. The predicted molar refractivity (Wildman–Crippen MR) is 66.3 cm³/mol. The molecule has 1 aromatic rings. The fourth-order valence-corrected chi connectivity index (χ4v) is 2.01. The van der Waals surface area contributed by atoms with Gasteiger partial charge in [-0.1, -0.05) is 6.07 Å².